The topological polar surface area (TPSA) is 149 Å². The lowest BCUT2D eigenvalue weighted by molar-refractivity contribution is -0.302. The first kappa shape index (κ1) is 80.2. The first-order chi connectivity index (χ1) is 41.3. The highest BCUT2D eigenvalue weighted by atomic mass is 16.7. The molecule has 7 atom stereocenters. The lowest BCUT2D eigenvalue weighted by Crippen LogP contribution is -2.60. The fourth-order valence-corrected chi connectivity index (χ4v) is 11.9. The zero-order valence-corrected chi connectivity index (χ0v) is 55.4. The van der Waals surface area contributed by atoms with Gasteiger partial charge in [-0.1, -0.05) is 345 Å². The molecule has 0 radical (unpaired) electrons. The van der Waals surface area contributed by atoms with Crippen LogP contribution in [-0.4, -0.2) is 87.5 Å². The molecule has 0 aromatic heterocycles. The molecule has 1 saturated heterocycles. The average molecular weight is 1180 g/mol. The summed E-state index contributed by atoms with van der Waals surface area (Å²) in [6, 6.07) is -0.823. The number of carbonyl (C=O) groups excluding carboxylic acids is 1. The summed E-state index contributed by atoms with van der Waals surface area (Å²) in [6.45, 7) is 3.82. The Labute approximate surface area is 520 Å². The Morgan fingerprint density at radius 1 is 0.405 bits per heavy atom. The van der Waals surface area contributed by atoms with E-state index in [0.717, 1.165) is 44.9 Å². The van der Waals surface area contributed by atoms with Crippen molar-refractivity contribution in [3.05, 3.63) is 48.6 Å². The van der Waals surface area contributed by atoms with Crippen LogP contribution in [0.1, 0.15) is 367 Å². The number of unbranched alkanes of at least 4 members (excludes halogenated alkanes) is 49. The van der Waals surface area contributed by atoms with Crippen molar-refractivity contribution in [3.63, 3.8) is 0 Å². The molecular weight excluding hydrogens is 1040 g/mol. The number of amides is 1. The van der Waals surface area contributed by atoms with E-state index < -0.39 is 49.5 Å². The summed E-state index contributed by atoms with van der Waals surface area (Å²) < 4.78 is 11.3. The van der Waals surface area contributed by atoms with Gasteiger partial charge in [-0.3, -0.25) is 4.79 Å². The van der Waals surface area contributed by atoms with E-state index in [-0.39, 0.29) is 12.5 Å². The molecule has 1 heterocycles. The Hall–Kier alpha value is -1.85. The predicted molar refractivity (Wildman–Crippen MR) is 359 cm³/mol. The standard InChI is InChI=1S/C75H141NO8/c1-3-5-7-9-11-13-15-17-19-21-23-25-27-28-29-30-31-32-33-34-35-36-37-38-39-40-41-42-43-45-47-49-51-53-55-57-59-61-63-65-71(79)76-68(67-83-75-74(82)73(81)72(80)70(66-77)84-75)69(78)64-62-60-58-56-54-52-50-48-46-44-26-24-22-20-18-16-14-12-10-8-6-4-2/h31-32,34-35,54,56,62,64,68-70,72-75,77-78,80-82H,3-30,33,36-53,55,57-61,63,65-67H2,1-2H3,(H,76,79)/b32-31-,35-34-,56-54+,64-62+. The van der Waals surface area contributed by atoms with Gasteiger partial charge in [-0.15, -0.1) is 0 Å². The van der Waals surface area contributed by atoms with Gasteiger partial charge in [0.05, 0.1) is 25.4 Å². The van der Waals surface area contributed by atoms with Crippen LogP contribution < -0.4 is 5.32 Å². The molecule has 6 N–H and O–H groups in total. The fraction of sp³-hybridized carbons (Fsp3) is 0.880. The van der Waals surface area contributed by atoms with E-state index in [0.29, 0.717) is 6.42 Å². The molecular formula is C75H141NO8. The molecule has 7 unspecified atom stereocenters. The van der Waals surface area contributed by atoms with Crippen LogP contribution in [0.3, 0.4) is 0 Å². The van der Waals surface area contributed by atoms with Gasteiger partial charge >= 0.3 is 0 Å². The zero-order chi connectivity index (χ0) is 60.7. The lowest BCUT2D eigenvalue weighted by atomic mass is 9.99. The van der Waals surface area contributed by atoms with Crippen LogP contribution in [0.4, 0.5) is 0 Å². The Morgan fingerprint density at radius 2 is 0.714 bits per heavy atom. The SMILES string of the molecule is CCCCCCCCCCCCCCCCC/C=C\C/C=C\CCCCCCCCCCCCCCCCCCCC(=O)NC(COC1OC(CO)C(O)C(O)C1O)C(O)/C=C/CC/C=C/CCCCCCCCCCCCCCCCCC. The van der Waals surface area contributed by atoms with Crippen molar-refractivity contribution in [3.8, 4) is 0 Å². The number of nitrogens with one attached hydrogen (secondary N) is 1. The third-order valence-corrected chi connectivity index (χ3v) is 17.6. The number of rotatable bonds is 65. The first-order valence-corrected chi connectivity index (χ1v) is 36.9. The highest BCUT2D eigenvalue weighted by molar-refractivity contribution is 5.76. The van der Waals surface area contributed by atoms with Crippen molar-refractivity contribution in [2.45, 2.75) is 410 Å². The molecule has 0 bridgehead atoms. The normalized spacial score (nSPS) is 18.4. The van der Waals surface area contributed by atoms with E-state index in [1.54, 1.807) is 6.08 Å². The van der Waals surface area contributed by atoms with Gasteiger partial charge in [-0.25, -0.2) is 0 Å². The maximum absolute atomic E-state index is 13.1. The molecule has 1 aliphatic rings. The second-order valence-corrected chi connectivity index (χ2v) is 25.7. The summed E-state index contributed by atoms with van der Waals surface area (Å²) in [4.78, 5) is 13.1. The number of carbonyl (C=O) groups is 1. The summed E-state index contributed by atoms with van der Waals surface area (Å²) in [5.41, 5.74) is 0. The first-order valence-electron chi connectivity index (χ1n) is 36.9. The second-order valence-electron chi connectivity index (χ2n) is 25.7. The molecule has 84 heavy (non-hydrogen) atoms. The summed E-state index contributed by atoms with van der Waals surface area (Å²) in [5.74, 6) is -0.181. The maximum atomic E-state index is 13.1. The van der Waals surface area contributed by atoms with Crippen LogP contribution >= 0.6 is 0 Å². The zero-order valence-electron chi connectivity index (χ0n) is 55.4. The molecule has 1 rings (SSSR count). The molecule has 0 aromatic carbocycles. The molecule has 0 aliphatic carbocycles. The van der Waals surface area contributed by atoms with Gasteiger partial charge in [-0.05, 0) is 64.2 Å². The van der Waals surface area contributed by atoms with Crippen molar-refractivity contribution >= 4 is 5.91 Å². The molecule has 0 spiro atoms. The van der Waals surface area contributed by atoms with Gasteiger partial charge in [0.15, 0.2) is 6.29 Å². The lowest BCUT2D eigenvalue weighted by Gasteiger charge is -2.40. The highest BCUT2D eigenvalue weighted by Gasteiger charge is 2.44. The largest absolute Gasteiger partial charge is 0.394 e. The minimum absolute atomic E-state index is 0.181. The summed E-state index contributed by atoms with van der Waals surface area (Å²) in [5, 5.41) is 54.7. The van der Waals surface area contributed by atoms with Crippen molar-refractivity contribution in [2.75, 3.05) is 13.2 Å². The van der Waals surface area contributed by atoms with Gasteiger partial charge in [-0.2, -0.15) is 0 Å². The van der Waals surface area contributed by atoms with Gasteiger partial charge in [0.2, 0.25) is 5.91 Å². The molecule has 1 aliphatic heterocycles. The number of allylic oxidation sites excluding steroid dienone is 7. The van der Waals surface area contributed by atoms with E-state index in [2.05, 4.69) is 55.6 Å². The average Bonchev–Trinajstić information content (AvgIpc) is 3.70. The fourth-order valence-electron chi connectivity index (χ4n) is 11.9. The van der Waals surface area contributed by atoms with Crippen molar-refractivity contribution < 1.29 is 39.8 Å². The Morgan fingerprint density at radius 3 is 1.07 bits per heavy atom. The van der Waals surface area contributed by atoms with Crippen LogP contribution in [-0.2, 0) is 14.3 Å². The highest BCUT2D eigenvalue weighted by Crippen LogP contribution is 2.23. The predicted octanol–water partition coefficient (Wildman–Crippen LogP) is 20.4. The minimum atomic E-state index is -1.57. The van der Waals surface area contributed by atoms with Crippen LogP contribution in [0.2, 0.25) is 0 Å². The summed E-state index contributed by atoms with van der Waals surface area (Å²) in [7, 11) is 0. The Balaban J connectivity index is 2.08. The third kappa shape index (κ3) is 52.1. The maximum Gasteiger partial charge on any atom is 0.220 e. The van der Waals surface area contributed by atoms with Crippen LogP contribution in [0.5, 0.6) is 0 Å². The number of hydrogen-bond donors (Lipinski definition) is 6. The van der Waals surface area contributed by atoms with Gasteiger partial charge < -0.3 is 40.3 Å². The van der Waals surface area contributed by atoms with E-state index in [4.69, 9.17) is 9.47 Å². The summed E-state index contributed by atoms with van der Waals surface area (Å²) >= 11 is 0. The molecule has 9 nitrogen and oxygen atoms in total. The second kappa shape index (κ2) is 64.1. The molecule has 1 fully saturated rings. The van der Waals surface area contributed by atoms with Gasteiger partial charge in [0, 0.05) is 6.42 Å². The van der Waals surface area contributed by atoms with E-state index >= 15 is 0 Å². The minimum Gasteiger partial charge on any atom is -0.394 e. The Kier molecular flexibility index (Phi) is 61.2. The number of hydrogen-bond acceptors (Lipinski definition) is 8. The van der Waals surface area contributed by atoms with Crippen LogP contribution in [0.25, 0.3) is 0 Å². The molecule has 1 amide bonds. The monoisotopic (exact) mass is 1180 g/mol. The van der Waals surface area contributed by atoms with E-state index in [1.165, 1.54) is 302 Å². The molecule has 0 saturated carbocycles. The molecule has 494 valence electrons. The van der Waals surface area contributed by atoms with Crippen molar-refractivity contribution in [2.24, 2.45) is 0 Å². The van der Waals surface area contributed by atoms with E-state index in [1.807, 2.05) is 6.08 Å². The van der Waals surface area contributed by atoms with Gasteiger partial charge in [0.1, 0.15) is 24.4 Å². The third-order valence-electron chi connectivity index (χ3n) is 17.6. The molecule has 0 aromatic rings. The number of ether oxygens (including phenoxy) is 2. The quantitative estimate of drug-likeness (QED) is 0.0261. The smallest absolute Gasteiger partial charge is 0.220 e. The van der Waals surface area contributed by atoms with Crippen LogP contribution in [0.15, 0.2) is 48.6 Å². The van der Waals surface area contributed by atoms with Crippen LogP contribution in [0, 0.1) is 0 Å². The summed E-state index contributed by atoms with van der Waals surface area (Å²) in [6.07, 6.45) is 81.0. The van der Waals surface area contributed by atoms with Gasteiger partial charge in [0.25, 0.3) is 0 Å². The number of aliphatic hydroxyl groups excluding tert-OH is 5. The Bertz CT molecular complexity index is 1470. The van der Waals surface area contributed by atoms with Crippen molar-refractivity contribution in [1.29, 1.82) is 0 Å². The number of aliphatic hydroxyl groups is 5. The van der Waals surface area contributed by atoms with Crippen molar-refractivity contribution in [1.82, 2.24) is 5.32 Å². The van der Waals surface area contributed by atoms with E-state index in [9.17, 15) is 30.3 Å². The molecule has 9 heteroatoms.